The summed E-state index contributed by atoms with van der Waals surface area (Å²) in [5.41, 5.74) is 4.34. The number of nitro benzene ring substituents is 1. The van der Waals surface area contributed by atoms with Gasteiger partial charge < -0.3 is 15.7 Å². The molecule has 0 aromatic heterocycles. The third-order valence-electron chi connectivity index (χ3n) is 2.40. The number of nitrogens with zero attached hydrogens (tertiary/aromatic N) is 2. The lowest BCUT2D eigenvalue weighted by molar-refractivity contribution is -0.386. The number of nitro groups is 1. The molecule has 0 heterocycles. The molecule has 3 N–H and O–H groups in total. The van der Waals surface area contributed by atoms with Gasteiger partial charge >= 0.3 is 11.9 Å². The van der Waals surface area contributed by atoms with Gasteiger partial charge in [-0.1, -0.05) is 22.8 Å². The first kappa shape index (κ1) is 16.8. The van der Waals surface area contributed by atoms with Crippen LogP contribution in [0.5, 0.6) is 5.75 Å². The van der Waals surface area contributed by atoms with Crippen molar-refractivity contribution in [2.24, 2.45) is 16.8 Å². The van der Waals surface area contributed by atoms with Gasteiger partial charge in [0.25, 0.3) is 0 Å². The van der Waals surface area contributed by atoms with E-state index in [1.54, 1.807) is 0 Å². The Hall–Kier alpha value is -2.23. The molecule has 0 aliphatic rings. The van der Waals surface area contributed by atoms with Crippen molar-refractivity contribution < 1.29 is 28.0 Å². The van der Waals surface area contributed by atoms with E-state index >= 15 is 0 Å². The number of nitrogens with two attached hydrogens (primary N) is 1. The fourth-order valence-corrected chi connectivity index (χ4v) is 1.59. The van der Waals surface area contributed by atoms with Gasteiger partial charge in [-0.25, -0.2) is 0 Å². The maximum atomic E-state index is 12.7. The van der Waals surface area contributed by atoms with Gasteiger partial charge in [-0.15, -0.1) is 0 Å². The van der Waals surface area contributed by atoms with Crippen LogP contribution in [-0.2, 0) is 0 Å². The highest BCUT2D eigenvalue weighted by Gasteiger charge is 2.44. The minimum absolute atomic E-state index is 0.232. The molecule has 0 aliphatic heterocycles. The van der Waals surface area contributed by atoms with Gasteiger partial charge in [-0.2, -0.15) is 13.2 Å². The molecule has 0 radical (unpaired) electrons. The molecule has 0 spiro atoms. The number of hydrogen-bond donors (Lipinski definition) is 2. The minimum Gasteiger partial charge on any atom is -0.485 e. The molecule has 7 nitrogen and oxygen atoms in total. The van der Waals surface area contributed by atoms with E-state index in [1.165, 1.54) is 12.1 Å². The van der Waals surface area contributed by atoms with Gasteiger partial charge in [0.1, 0.15) is 12.5 Å². The van der Waals surface area contributed by atoms with Crippen LogP contribution in [0.4, 0.5) is 18.9 Å². The summed E-state index contributed by atoms with van der Waals surface area (Å²) in [7, 11) is 0. The van der Waals surface area contributed by atoms with E-state index < -0.39 is 40.9 Å². The number of rotatable bonds is 5. The summed E-state index contributed by atoms with van der Waals surface area (Å²) in [6, 6.07) is 3.49. The molecule has 1 unspecified atom stereocenters. The predicted octanol–water partition coefficient (Wildman–Crippen LogP) is 2.55. The van der Waals surface area contributed by atoms with Gasteiger partial charge in [0.05, 0.1) is 9.95 Å². The zero-order chi connectivity index (χ0) is 16.2. The Bertz CT molecular complexity index is 565. The lowest BCUT2D eigenvalue weighted by atomic mass is 10.1. The Balaban J connectivity index is 3.04. The van der Waals surface area contributed by atoms with Crippen LogP contribution in [-0.4, -0.2) is 28.7 Å². The molecule has 0 bridgehead atoms. The van der Waals surface area contributed by atoms with E-state index in [2.05, 4.69) is 5.16 Å². The molecule has 1 rings (SSSR count). The molecule has 1 aromatic rings. The zero-order valence-corrected chi connectivity index (χ0v) is 10.9. The highest BCUT2D eigenvalue weighted by atomic mass is 35.5. The molecule has 1 aromatic carbocycles. The first-order valence-electron chi connectivity index (χ1n) is 5.28. The molecule has 21 heavy (non-hydrogen) atoms. The molecular formula is C10H9ClF3N3O4. The number of halogens is 4. The number of benzene rings is 1. The smallest absolute Gasteiger partial charge is 0.402 e. The number of ether oxygens (including phenoxy) is 1. The molecular weight excluding hydrogens is 319 g/mol. The van der Waals surface area contributed by atoms with Gasteiger partial charge in [0.15, 0.2) is 5.84 Å². The molecule has 11 heteroatoms. The maximum absolute atomic E-state index is 12.7. The van der Waals surface area contributed by atoms with Crippen LogP contribution in [0.15, 0.2) is 23.4 Å². The second-order valence-electron chi connectivity index (χ2n) is 3.78. The lowest BCUT2D eigenvalue weighted by Crippen LogP contribution is -2.40. The average molecular weight is 328 g/mol. The monoisotopic (exact) mass is 327 g/mol. The van der Waals surface area contributed by atoms with Crippen molar-refractivity contribution in [3.63, 3.8) is 0 Å². The number of para-hydroxylation sites is 1. The van der Waals surface area contributed by atoms with Crippen molar-refractivity contribution in [3.8, 4) is 5.75 Å². The van der Waals surface area contributed by atoms with E-state index in [9.17, 15) is 23.3 Å². The molecule has 0 aliphatic carbocycles. The predicted molar refractivity (Wildman–Crippen MR) is 66.6 cm³/mol. The first-order chi connectivity index (χ1) is 9.68. The molecule has 0 saturated carbocycles. The summed E-state index contributed by atoms with van der Waals surface area (Å²) in [4.78, 5) is 9.91. The standard InChI is InChI=1S/C10H9ClF3N3O4/c11-6-2-1-3-7(17(19)20)8(6)21-4-5(9(15)16-18)10(12,13)14/h1-3,5,18H,4H2,(H2,15,16). The Kier molecular flexibility index (Phi) is 5.19. The lowest BCUT2D eigenvalue weighted by Gasteiger charge is -2.19. The first-order valence-corrected chi connectivity index (χ1v) is 5.66. The van der Waals surface area contributed by atoms with Crippen LogP contribution in [0.1, 0.15) is 0 Å². The van der Waals surface area contributed by atoms with Crippen molar-refractivity contribution in [2.75, 3.05) is 6.61 Å². The number of alkyl halides is 3. The molecule has 0 fully saturated rings. The van der Waals surface area contributed by atoms with Crippen LogP contribution < -0.4 is 10.5 Å². The second-order valence-corrected chi connectivity index (χ2v) is 4.18. The van der Waals surface area contributed by atoms with Crippen LogP contribution >= 0.6 is 11.6 Å². The summed E-state index contributed by atoms with van der Waals surface area (Å²) in [6.45, 7) is -1.12. The fraction of sp³-hybridized carbons (Fsp3) is 0.300. The van der Waals surface area contributed by atoms with E-state index in [-0.39, 0.29) is 5.02 Å². The van der Waals surface area contributed by atoms with Gasteiger partial charge in [-0.3, -0.25) is 10.1 Å². The second kappa shape index (κ2) is 6.48. The van der Waals surface area contributed by atoms with Crippen molar-refractivity contribution in [1.29, 1.82) is 0 Å². The van der Waals surface area contributed by atoms with Crippen molar-refractivity contribution in [1.82, 2.24) is 0 Å². The van der Waals surface area contributed by atoms with Gasteiger partial charge in [0.2, 0.25) is 5.75 Å². The highest BCUT2D eigenvalue weighted by Crippen LogP contribution is 2.36. The van der Waals surface area contributed by atoms with Crippen LogP contribution in [0.3, 0.4) is 0 Å². The highest BCUT2D eigenvalue weighted by molar-refractivity contribution is 6.32. The van der Waals surface area contributed by atoms with E-state index in [0.29, 0.717) is 0 Å². The minimum atomic E-state index is -4.85. The Morgan fingerprint density at radius 2 is 2.19 bits per heavy atom. The molecule has 0 amide bonds. The summed E-state index contributed by atoms with van der Waals surface area (Å²) >= 11 is 5.66. The van der Waals surface area contributed by atoms with Crippen molar-refractivity contribution in [2.45, 2.75) is 6.18 Å². The number of hydrogen-bond acceptors (Lipinski definition) is 5. The van der Waals surface area contributed by atoms with Crippen LogP contribution in [0, 0.1) is 16.0 Å². The summed E-state index contributed by atoms with van der Waals surface area (Å²) in [5.74, 6) is -4.08. The third-order valence-corrected chi connectivity index (χ3v) is 2.70. The third kappa shape index (κ3) is 4.12. The van der Waals surface area contributed by atoms with Crippen molar-refractivity contribution in [3.05, 3.63) is 33.3 Å². The van der Waals surface area contributed by atoms with E-state index in [1.807, 2.05) is 0 Å². The quantitative estimate of drug-likeness (QED) is 0.284. The van der Waals surface area contributed by atoms with E-state index in [4.69, 9.17) is 27.3 Å². The SMILES string of the molecule is N/C(=N/O)C(COc1c(Cl)cccc1[N+](=O)[O-])C(F)(F)F. The number of oxime groups is 1. The normalized spacial score (nSPS) is 13.8. The Morgan fingerprint density at radius 1 is 1.57 bits per heavy atom. The fourth-order valence-electron chi connectivity index (χ4n) is 1.37. The Morgan fingerprint density at radius 3 is 2.67 bits per heavy atom. The van der Waals surface area contributed by atoms with Crippen molar-refractivity contribution >= 4 is 23.1 Å². The Labute approximate surface area is 120 Å². The topological polar surface area (TPSA) is 111 Å². The zero-order valence-electron chi connectivity index (χ0n) is 10.2. The van der Waals surface area contributed by atoms with Gasteiger partial charge in [-0.05, 0) is 6.07 Å². The molecule has 116 valence electrons. The largest absolute Gasteiger partial charge is 0.485 e. The summed E-state index contributed by atoms with van der Waals surface area (Å²) in [6.07, 6.45) is -4.85. The van der Waals surface area contributed by atoms with Crippen LogP contribution in [0.25, 0.3) is 0 Å². The van der Waals surface area contributed by atoms with Crippen LogP contribution in [0.2, 0.25) is 5.02 Å². The summed E-state index contributed by atoms with van der Waals surface area (Å²) < 4.78 is 42.9. The van der Waals surface area contributed by atoms with E-state index in [0.717, 1.165) is 6.07 Å². The summed E-state index contributed by atoms with van der Waals surface area (Å²) in [5, 5.41) is 21.1. The molecule has 0 saturated heterocycles. The molecule has 1 atom stereocenters. The van der Waals surface area contributed by atoms with Gasteiger partial charge in [0, 0.05) is 6.07 Å². The number of amidine groups is 1. The maximum Gasteiger partial charge on any atom is 0.402 e. The average Bonchev–Trinajstić information content (AvgIpc) is 2.38.